The number of halogens is 1. The van der Waals surface area contributed by atoms with Crippen LogP contribution in [0.5, 0.6) is 0 Å². The summed E-state index contributed by atoms with van der Waals surface area (Å²) in [7, 11) is 0. The Morgan fingerprint density at radius 3 is 2.46 bits per heavy atom. The van der Waals surface area contributed by atoms with Crippen LogP contribution in [-0.2, 0) is 11.2 Å². The van der Waals surface area contributed by atoms with Crippen molar-refractivity contribution in [3.05, 3.63) is 47.8 Å². The summed E-state index contributed by atoms with van der Waals surface area (Å²) in [5.74, 6) is 0.831. The molecule has 1 amide bonds. The summed E-state index contributed by atoms with van der Waals surface area (Å²) in [5.41, 5.74) is 2.08. The molecule has 128 valence electrons. The Hall–Kier alpha value is -1.38. The third-order valence-electron chi connectivity index (χ3n) is 2.81. The van der Waals surface area contributed by atoms with Crippen LogP contribution in [0.3, 0.4) is 0 Å². The first-order valence-electron chi connectivity index (χ1n) is 7.27. The minimum Gasteiger partial charge on any atom is -0.355 e. The molecule has 4 nitrogen and oxygen atoms in total. The third kappa shape index (κ3) is 7.02. The Labute approximate surface area is 153 Å². The van der Waals surface area contributed by atoms with Crippen molar-refractivity contribution in [2.45, 2.75) is 22.0 Å². The molecule has 8 heteroatoms. The molecular formula is C16H18FN3OS3. The van der Waals surface area contributed by atoms with E-state index < -0.39 is 0 Å². The zero-order chi connectivity index (χ0) is 17.4. The number of amides is 1. The van der Waals surface area contributed by atoms with Crippen LogP contribution >= 0.6 is 34.9 Å². The molecule has 1 N–H and O–H groups in total. The summed E-state index contributed by atoms with van der Waals surface area (Å²) in [4.78, 5) is 11.8. The van der Waals surface area contributed by atoms with Gasteiger partial charge in [-0.15, -0.1) is 10.2 Å². The van der Waals surface area contributed by atoms with Crippen LogP contribution in [0.4, 0.5) is 4.39 Å². The predicted octanol–water partition coefficient (Wildman–Crippen LogP) is 3.80. The molecule has 0 unspecified atom stereocenters. The molecule has 0 aliphatic rings. The van der Waals surface area contributed by atoms with Gasteiger partial charge in [-0.1, -0.05) is 59.1 Å². The number of nitrogens with one attached hydrogen (secondary N) is 1. The number of hydrogen-bond donors (Lipinski definition) is 1. The first-order chi connectivity index (χ1) is 11.5. The molecule has 0 aliphatic heterocycles. The molecule has 0 radical (unpaired) electrons. The Balaban J connectivity index is 1.65. The lowest BCUT2D eigenvalue weighted by molar-refractivity contribution is -0.118. The van der Waals surface area contributed by atoms with Gasteiger partial charge in [0, 0.05) is 12.3 Å². The molecule has 2 aromatic rings. The topological polar surface area (TPSA) is 54.9 Å². The lowest BCUT2D eigenvalue weighted by atomic mass is 10.1. The zero-order valence-corrected chi connectivity index (χ0v) is 15.7. The number of carbonyl (C=O) groups excluding carboxylic acids is 1. The van der Waals surface area contributed by atoms with Gasteiger partial charge in [-0.05, 0) is 31.0 Å². The standard InChI is InChI=1S/C16H18FN3OS3/c1-11(2)9-22-15-19-20-16(24-15)23-10-14(21)18-8-7-12-3-5-13(17)6-4-12/h3-6H,1,7-10H2,2H3,(H,18,21). The first-order valence-corrected chi connectivity index (χ1v) is 10.1. The van der Waals surface area contributed by atoms with E-state index in [1.165, 1.54) is 35.2 Å². The van der Waals surface area contributed by atoms with Crippen molar-refractivity contribution in [1.29, 1.82) is 0 Å². The van der Waals surface area contributed by atoms with Gasteiger partial charge in [0.15, 0.2) is 8.68 Å². The average Bonchev–Trinajstić information content (AvgIpc) is 3.01. The molecule has 1 aromatic heterocycles. The van der Waals surface area contributed by atoms with Gasteiger partial charge in [0.25, 0.3) is 0 Å². The monoisotopic (exact) mass is 383 g/mol. The molecule has 0 saturated heterocycles. The molecular weight excluding hydrogens is 365 g/mol. The summed E-state index contributed by atoms with van der Waals surface area (Å²) < 4.78 is 14.5. The van der Waals surface area contributed by atoms with Crippen LogP contribution in [0.1, 0.15) is 12.5 Å². The maximum absolute atomic E-state index is 12.8. The average molecular weight is 384 g/mol. The van der Waals surface area contributed by atoms with Crippen molar-refractivity contribution in [3.8, 4) is 0 Å². The van der Waals surface area contributed by atoms with E-state index in [2.05, 4.69) is 22.1 Å². The second-order valence-electron chi connectivity index (χ2n) is 5.09. The first kappa shape index (κ1) is 19.0. The molecule has 2 rings (SSSR count). The largest absolute Gasteiger partial charge is 0.355 e. The Morgan fingerprint density at radius 1 is 1.21 bits per heavy atom. The van der Waals surface area contributed by atoms with E-state index in [9.17, 15) is 9.18 Å². The zero-order valence-electron chi connectivity index (χ0n) is 13.3. The van der Waals surface area contributed by atoms with Gasteiger partial charge in [0.05, 0.1) is 5.75 Å². The highest BCUT2D eigenvalue weighted by Crippen LogP contribution is 2.29. The number of hydrogen-bond acceptors (Lipinski definition) is 6. The highest BCUT2D eigenvalue weighted by molar-refractivity contribution is 8.03. The SMILES string of the molecule is C=C(C)CSc1nnc(SCC(=O)NCCc2ccc(F)cc2)s1. The van der Waals surface area contributed by atoms with Crippen LogP contribution < -0.4 is 5.32 Å². The molecule has 0 spiro atoms. The van der Waals surface area contributed by atoms with E-state index in [1.54, 1.807) is 23.9 Å². The van der Waals surface area contributed by atoms with Crippen molar-refractivity contribution >= 4 is 40.8 Å². The molecule has 1 heterocycles. The minimum absolute atomic E-state index is 0.0477. The molecule has 0 atom stereocenters. The fraction of sp³-hybridized carbons (Fsp3) is 0.312. The highest BCUT2D eigenvalue weighted by Gasteiger charge is 2.08. The predicted molar refractivity (Wildman–Crippen MR) is 99.3 cm³/mol. The van der Waals surface area contributed by atoms with Gasteiger partial charge in [0.1, 0.15) is 5.82 Å². The van der Waals surface area contributed by atoms with E-state index in [0.29, 0.717) is 18.7 Å². The number of rotatable bonds is 9. The fourth-order valence-electron chi connectivity index (χ4n) is 1.67. The second-order valence-corrected chi connectivity index (χ2v) is 8.52. The maximum Gasteiger partial charge on any atom is 0.230 e. The maximum atomic E-state index is 12.8. The Morgan fingerprint density at radius 2 is 1.83 bits per heavy atom. The van der Waals surface area contributed by atoms with Gasteiger partial charge in [-0.3, -0.25) is 4.79 Å². The van der Waals surface area contributed by atoms with Crippen molar-refractivity contribution in [2.75, 3.05) is 18.1 Å². The van der Waals surface area contributed by atoms with E-state index in [-0.39, 0.29) is 11.7 Å². The van der Waals surface area contributed by atoms with Crippen LogP contribution in [-0.4, -0.2) is 34.2 Å². The Bertz CT molecular complexity index is 688. The molecule has 0 fully saturated rings. The van der Waals surface area contributed by atoms with E-state index in [1.807, 2.05) is 6.92 Å². The van der Waals surface area contributed by atoms with Gasteiger partial charge in [-0.25, -0.2) is 4.39 Å². The van der Waals surface area contributed by atoms with E-state index in [4.69, 9.17) is 0 Å². The molecule has 1 aromatic carbocycles. The van der Waals surface area contributed by atoms with Gasteiger partial charge in [-0.2, -0.15) is 0 Å². The number of thioether (sulfide) groups is 2. The van der Waals surface area contributed by atoms with Crippen LogP contribution in [0, 0.1) is 5.82 Å². The quantitative estimate of drug-likeness (QED) is 0.527. The summed E-state index contributed by atoms with van der Waals surface area (Å²) in [5, 5.41) is 11.0. The third-order valence-corrected chi connectivity index (χ3v) is 6.23. The lowest BCUT2D eigenvalue weighted by Crippen LogP contribution is -2.27. The van der Waals surface area contributed by atoms with E-state index in [0.717, 1.165) is 25.6 Å². The smallest absolute Gasteiger partial charge is 0.230 e. The molecule has 0 saturated carbocycles. The number of benzene rings is 1. The summed E-state index contributed by atoms with van der Waals surface area (Å²) >= 11 is 4.47. The summed E-state index contributed by atoms with van der Waals surface area (Å²) in [6.07, 6.45) is 0.678. The van der Waals surface area contributed by atoms with Gasteiger partial charge >= 0.3 is 0 Å². The van der Waals surface area contributed by atoms with Crippen LogP contribution in [0.2, 0.25) is 0 Å². The molecule has 0 aliphatic carbocycles. The van der Waals surface area contributed by atoms with Crippen LogP contribution in [0.25, 0.3) is 0 Å². The van der Waals surface area contributed by atoms with Crippen molar-refractivity contribution < 1.29 is 9.18 Å². The van der Waals surface area contributed by atoms with Crippen molar-refractivity contribution in [2.24, 2.45) is 0 Å². The Kier molecular flexibility index (Phi) is 7.74. The number of nitrogens with zero attached hydrogens (tertiary/aromatic N) is 2. The van der Waals surface area contributed by atoms with Crippen molar-refractivity contribution in [1.82, 2.24) is 15.5 Å². The second kappa shape index (κ2) is 9.80. The lowest BCUT2D eigenvalue weighted by Gasteiger charge is -2.04. The van der Waals surface area contributed by atoms with Gasteiger partial charge in [0.2, 0.25) is 5.91 Å². The van der Waals surface area contributed by atoms with Crippen LogP contribution in [0.15, 0.2) is 45.1 Å². The minimum atomic E-state index is -0.253. The van der Waals surface area contributed by atoms with Gasteiger partial charge < -0.3 is 5.32 Å². The number of carbonyl (C=O) groups is 1. The van der Waals surface area contributed by atoms with Crippen molar-refractivity contribution in [3.63, 3.8) is 0 Å². The molecule has 0 bridgehead atoms. The normalized spacial score (nSPS) is 10.6. The van der Waals surface area contributed by atoms with E-state index >= 15 is 0 Å². The summed E-state index contributed by atoms with van der Waals surface area (Å²) in [6.45, 7) is 6.35. The number of aromatic nitrogens is 2. The summed E-state index contributed by atoms with van der Waals surface area (Å²) in [6, 6.07) is 6.29. The fourth-order valence-corrected chi connectivity index (χ4v) is 4.37. The highest BCUT2D eigenvalue weighted by atomic mass is 32.2. The molecule has 24 heavy (non-hydrogen) atoms.